The van der Waals surface area contributed by atoms with Crippen LogP contribution in [0.4, 0.5) is 0 Å². The van der Waals surface area contributed by atoms with Crippen LogP contribution in [0.2, 0.25) is 0 Å². The molecular weight excluding hydrogens is 212 g/mol. The van der Waals surface area contributed by atoms with Crippen molar-refractivity contribution < 1.29 is 5.11 Å². The van der Waals surface area contributed by atoms with Crippen molar-refractivity contribution in [3.63, 3.8) is 0 Å². The third-order valence-electron chi connectivity index (χ3n) is 4.72. The first-order valence-electron chi connectivity index (χ1n) is 7.31. The largest absolute Gasteiger partial charge is 0.391 e. The molecule has 3 nitrogen and oxygen atoms in total. The number of piperidine rings is 1. The van der Waals surface area contributed by atoms with Gasteiger partial charge >= 0.3 is 0 Å². The molecule has 2 rings (SSSR count). The molecule has 1 saturated heterocycles. The number of aliphatic hydroxyl groups is 1. The van der Waals surface area contributed by atoms with Gasteiger partial charge in [-0.1, -0.05) is 26.2 Å². The van der Waals surface area contributed by atoms with Crippen molar-refractivity contribution in [2.45, 2.75) is 63.6 Å². The van der Waals surface area contributed by atoms with E-state index in [2.05, 4.69) is 24.2 Å². The van der Waals surface area contributed by atoms with Crippen LogP contribution in [-0.2, 0) is 0 Å². The fourth-order valence-electron chi connectivity index (χ4n) is 3.60. The number of aliphatic hydroxyl groups excluding tert-OH is 1. The van der Waals surface area contributed by atoms with Gasteiger partial charge in [0.2, 0.25) is 0 Å². The maximum Gasteiger partial charge on any atom is 0.0695 e. The maximum atomic E-state index is 10.3. The molecule has 0 amide bonds. The number of rotatable bonds is 2. The molecule has 0 aromatic heterocycles. The molecule has 4 atom stereocenters. The van der Waals surface area contributed by atoms with E-state index in [1.165, 1.54) is 32.1 Å². The predicted octanol–water partition coefficient (Wildman–Crippen LogP) is 1.61. The Morgan fingerprint density at radius 1 is 1.12 bits per heavy atom. The quantitative estimate of drug-likeness (QED) is 0.720. The van der Waals surface area contributed by atoms with Crippen LogP contribution in [-0.4, -0.2) is 48.3 Å². The maximum absolute atomic E-state index is 10.3. The summed E-state index contributed by atoms with van der Waals surface area (Å²) in [5.74, 6) is 0.698. The average Bonchev–Trinajstić information content (AvgIpc) is 2.54. The van der Waals surface area contributed by atoms with E-state index in [4.69, 9.17) is 0 Å². The normalized spacial score (nSPS) is 41.1. The summed E-state index contributed by atoms with van der Waals surface area (Å²) in [7, 11) is 2.07. The zero-order chi connectivity index (χ0) is 12.3. The summed E-state index contributed by atoms with van der Waals surface area (Å²) >= 11 is 0. The Labute approximate surface area is 106 Å². The van der Waals surface area contributed by atoms with E-state index in [-0.39, 0.29) is 6.10 Å². The summed E-state index contributed by atoms with van der Waals surface area (Å²) in [6, 6.07) is 1.09. The van der Waals surface area contributed by atoms with Gasteiger partial charge in [-0.25, -0.2) is 0 Å². The van der Waals surface area contributed by atoms with Gasteiger partial charge in [-0.2, -0.15) is 0 Å². The number of hydrogen-bond acceptors (Lipinski definition) is 3. The smallest absolute Gasteiger partial charge is 0.0695 e. The molecule has 4 unspecified atom stereocenters. The van der Waals surface area contributed by atoms with Crippen LogP contribution in [0, 0.1) is 5.92 Å². The van der Waals surface area contributed by atoms with Gasteiger partial charge in [-0.15, -0.1) is 0 Å². The fraction of sp³-hybridized carbons (Fsp3) is 1.00. The molecule has 3 heteroatoms. The second-order valence-corrected chi connectivity index (χ2v) is 5.93. The van der Waals surface area contributed by atoms with Gasteiger partial charge in [-0.3, -0.25) is 4.90 Å². The van der Waals surface area contributed by atoms with E-state index in [9.17, 15) is 5.11 Å². The second kappa shape index (κ2) is 6.17. The van der Waals surface area contributed by atoms with E-state index < -0.39 is 0 Å². The molecule has 1 aliphatic heterocycles. The Kier molecular flexibility index (Phi) is 4.83. The van der Waals surface area contributed by atoms with Crippen molar-refractivity contribution in [2.24, 2.45) is 5.92 Å². The zero-order valence-corrected chi connectivity index (χ0v) is 11.4. The average molecular weight is 240 g/mol. The SMILES string of the molecule is CNC1CCN(C2CCCCCC2O)CC1C. The van der Waals surface area contributed by atoms with Crippen LogP contribution >= 0.6 is 0 Å². The lowest BCUT2D eigenvalue weighted by Gasteiger charge is -2.42. The second-order valence-electron chi connectivity index (χ2n) is 5.93. The number of nitrogens with zero attached hydrogens (tertiary/aromatic N) is 1. The Hall–Kier alpha value is -0.120. The molecule has 2 aliphatic rings. The highest BCUT2D eigenvalue weighted by Crippen LogP contribution is 2.26. The first kappa shape index (κ1) is 13.3. The number of likely N-dealkylation sites (tertiary alicyclic amines) is 1. The third kappa shape index (κ3) is 3.21. The minimum Gasteiger partial charge on any atom is -0.391 e. The summed E-state index contributed by atoms with van der Waals surface area (Å²) in [4.78, 5) is 2.55. The van der Waals surface area contributed by atoms with Crippen molar-refractivity contribution in [1.29, 1.82) is 0 Å². The van der Waals surface area contributed by atoms with E-state index in [0.29, 0.717) is 18.0 Å². The van der Waals surface area contributed by atoms with Crippen LogP contribution < -0.4 is 5.32 Å². The lowest BCUT2D eigenvalue weighted by molar-refractivity contribution is 0.0158. The van der Waals surface area contributed by atoms with Crippen molar-refractivity contribution in [3.05, 3.63) is 0 Å². The number of hydrogen-bond donors (Lipinski definition) is 2. The standard InChI is InChI=1S/C14H28N2O/c1-11-10-16(9-8-12(11)15-2)13-6-4-3-5-7-14(13)17/h11-15,17H,3-10H2,1-2H3. The van der Waals surface area contributed by atoms with Gasteiger partial charge in [0, 0.05) is 25.2 Å². The summed E-state index contributed by atoms with van der Waals surface area (Å²) in [6.07, 6.45) is 7.14. The topological polar surface area (TPSA) is 35.5 Å². The van der Waals surface area contributed by atoms with Gasteiger partial charge in [0.05, 0.1) is 6.10 Å². The lowest BCUT2D eigenvalue weighted by Crippen LogP contribution is -2.53. The first-order chi connectivity index (χ1) is 8.22. The summed E-state index contributed by atoms with van der Waals surface area (Å²) < 4.78 is 0. The van der Waals surface area contributed by atoms with E-state index in [0.717, 1.165) is 19.5 Å². The molecule has 0 radical (unpaired) electrons. The minimum absolute atomic E-state index is 0.0872. The molecular formula is C14H28N2O. The highest BCUT2D eigenvalue weighted by Gasteiger charge is 2.32. The van der Waals surface area contributed by atoms with E-state index >= 15 is 0 Å². The molecule has 2 N–H and O–H groups in total. The van der Waals surface area contributed by atoms with Gasteiger partial charge < -0.3 is 10.4 Å². The molecule has 1 heterocycles. The Morgan fingerprint density at radius 3 is 2.59 bits per heavy atom. The fourth-order valence-corrected chi connectivity index (χ4v) is 3.60. The van der Waals surface area contributed by atoms with Gasteiger partial charge in [-0.05, 0) is 32.2 Å². The highest BCUT2D eigenvalue weighted by atomic mass is 16.3. The van der Waals surface area contributed by atoms with Crippen molar-refractivity contribution in [3.8, 4) is 0 Å². The first-order valence-corrected chi connectivity index (χ1v) is 7.31. The Balaban J connectivity index is 1.93. The van der Waals surface area contributed by atoms with Crippen molar-refractivity contribution in [1.82, 2.24) is 10.2 Å². The predicted molar refractivity (Wildman–Crippen MR) is 71.1 cm³/mol. The van der Waals surface area contributed by atoms with Gasteiger partial charge in [0.1, 0.15) is 0 Å². The molecule has 17 heavy (non-hydrogen) atoms. The number of nitrogens with one attached hydrogen (secondary N) is 1. The van der Waals surface area contributed by atoms with Crippen LogP contribution in [0.15, 0.2) is 0 Å². The van der Waals surface area contributed by atoms with Crippen molar-refractivity contribution in [2.75, 3.05) is 20.1 Å². The molecule has 0 bridgehead atoms. The summed E-state index contributed by atoms with van der Waals surface area (Å²) in [5.41, 5.74) is 0. The van der Waals surface area contributed by atoms with Gasteiger partial charge in [0.15, 0.2) is 0 Å². The van der Waals surface area contributed by atoms with Crippen molar-refractivity contribution >= 4 is 0 Å². The summed E-state index contributed by atoms with van der Waals surface area (Å²) in [5, 5.41) is 13.7. The molecule has 0 aromatic rings. The molecule has 1 saturated carbocycles. The molecule has 0 aromatic carbocycles. The van der Waals surface area contributed by atoms with Crippen LogP contribution in [0.3, 0.4) is 0 Å². The van der Waals surface area contributed by atoms with Crippen LogP contribution in [0.1, 0.15) is 45.4 Å². The minimum atomic E-state index is -0.0872. The van der Waals surface area contributed by atoms with Gasteiger partial charge in [0.25, 0.3) is 0 Å². The monoisotopic (exact) mass is 240 g/mol. The molecule has 2 fully saturated rings. The molecule has 1 aliphatic carbocycles. The van der Waals surface area contributed by atoms with Crippen LogP contribution in [0.25, 0.3) is 0 Å². The molecule has 100 valence electrons. The Morgan fingerprint density at radius 2 is 1.88 bits per heavy atom. The highest BCUT2D eigenvalue weighted by molar-refractivity contribution is 4.89. The van der Waals surface area contributed by atoms with E-state index in [1.807, 2.05) is 0 Å². The third-order valence-corrected chi connectivity index (χ3v) is 4.72. The summed E-state index contributed by atoms with van der Waals surface area (Å²) in [6.45, 7) is 4.63. The van der Waals surface area contributed by atoms with Crippen LogP contribution in [0.5, 0.6) is 0 Å². The molecule has 0 spiro atoms. The zero-order valence-electron chi connectivity index (χ0n) is 11.4. The lowest BCUT2D eigenvalue weighted by atomic mass is 9.91. The van der Waals surface area contributed by atoms with E-state index in [1.54, 1.807) is 0 Å². The Bertz CT molecular complexity index is 234.